The van der Waals surface area contributed by atoms with Crippen LogP contribution in [0.25, 0.3) is 0 Å². The second-order valence-corrected chi connectivity index (χ2v) is 10.2. The van der Waals surface area contributed by atoms with E-state index in [0.717, 1.165) is 11.5 Å². The second-order valence-electron chi connectivity index (χ2n) is 7.11. The highest BCUT2D eigenvalue weighted by Crippen LogP contribution is 2.10. The highest BCUT2D eigenvalue weighted by Gasteiger charge is 2.20. The SMILES string of the molecule is CC(C)[C@@H](/C=C/S(=O)(=O)N[C@@H](C)/C=C/S(N)(=O)=O)NC(=O)OC(C)(C)C. The standard InChI is InChI=1S/C15H29N3O6S2/c1-11(2)13(17-14(19)24-15(4,5)6)8-10-26(22,23)18-12(3)7-9-25(16,20)21/h7-13,18H,1-6H3,(H,17,19)(H2,16,20,21)/b9-7+,10-8+/t12-,13+/m0/s1. The highest BCUT2D eigenvalue weighted by molar-refractivity contribution is 7.92. The summed E-state index contributed by atoms with van der Waals surface area (Å²) >= 11 is 0. The monoisotopic (exact) mass is 411 g/mol. The quantitative estimate of drug-likeness (QED) is 0.546. The third-order valence-corrected chi connectivity index (χ3v) is 4.53. The van der Waals surface area contributed by atoms with Gasteiger partial charge in [0.2, 0.25) is 20.0 Å². The molecule has 0 spiro atoms. The lowest BCUT2D eigenvalue weighted by molar-refractivity contribution is 0.0504. The van der Waals surface area contributed by atoms with Crippen LogP contribution in [0.3, 0.4) is 0 Å². The fourth-order valence-corrected chi connectivity index (χ4v) is 3.14. The molecule has 0 aromatic rings. The van der Waals surface area contributed by atoms with Crippen molar-refractivity contribution in [2.75, 3.05) is 0 Å². The smallest absolute Gasteiger partial charge is 0.408 e. The molecule has 0 fully saturated rings. The lowest BCUT2D eigenvalue weighted by atomic mass is 10.1. The van der Waals surface area contributed by atoms with Crippen molar-refractivity contribution in [3.63, 3.8) is 0 Å². The number of carbonyl (C=O) groups excluding carboxylic acids is 1. The summed E-state index contributed by atoms with van der Waals surface area (Å²) < 4.78 is 53.2. The van der Waals surface area contributed by atoms with Crippen molar-refractivity contribution in [2.45, 2.75) is 59.2 Å². The van der Waals surface area contributed by atoms with Crippen LogP contribution in [0.4, 0.5) is 4.79 Å². The molecular weight excluding hydrogens is 382 g/mol. The largest absolute Gasteiger partial charge is 0.444 e. The zero-order valence-electron chi connectivity index (χ0n) is 15.9. The number of rotatable bonds is 8. The fourth-order valence-electron chi connectivity index (χ4n) is 1.63. The minimum atomic E-state index is -3.86. The Labute approximate surface area is 156 Å². The Morgan fingerprint density at radius 2 is 1.58 bits per heavy atom. The third kappa shape index (κ3) is 12.9. The summed E-state index contributed by atoms with van der Waals surface area (Å²) in [7, 11) is -7.69. The molecule has 2 atom stereocenters. The molecule has 0 aliphatic heterocycles. The Kier molecular flexibility index (Phi) is 8.97. The van der Waals surface area contributed by atoms with Gasteiger partial charge in [0.25, 0.3) is 0 Å². The molecule has 1 amide bonds. The van der Waals surface area contributed by atoms with E-state index in [-0.39, 0.29) is 5.92 Å². The van der Waals surface area contributed by atoms with E-state index in [1.807, 2.05) is 13.8 Å². The van der Waals surface area contributed by atoms with Crippen LogP contribution in [0.5, 0.6) is 0 Å². The van der Waals surface area contributed by atoms with Gasteiger partial charge in [-0.2, -0.15) is 0 Å². The molecule has 0 bridgehead atoms. The van der Waals surface area contributed by atoms with Gasteiger partial charge in [0.15, 0.2) is 0 Å². The fraction of sp³-hybridized carbons (Fsp3) is 0.667. The number of sulfonamides is 2. The van der Waals surface area contributed by atoms with E-state index >= 15 is 0 Å². The van der Waals surface area contributed by atoms with Crippen molar-refractivity contribution < 1.29 is 26.4 Å². The van der Waals surface area contributed by atoms with Gasteiger partial charge < -0.3 is 10.1 Å². The van der Waals surface area contributed by atoms with Gasteiger partial charge in [-0.3, -0.25) is 0 Å². The number of carbonyl (C=O) groups is 1. The third-order valence-electron chi connectivity index (χ3n) is 2.77. The highest BCUT2D eigenvalue weighted by atomic mass is 32.2. The normalized spacial score (nSPS) is 16.2. The summed E-state index contributed by atoms with van der Waals surface area (Å²) in [5.41, 5.74) is -0.673. The van der Waals surface area contributed by atoms with Gasteiger partial charge in [0.05, 0.1) is 6.04 Å². The minimum absolute atomic E-state index is 0.0892. The molecule has 11 heteroatoms. The van der Waals surface area contributed by atoms with E-state index < -0.39 is 43.8 Å². The number of primary sulfonamides is 1. The van der Waals surface area contributed by atoms with Crippen molar-refractivity contribution in [2.24, 2.45) is 11.1 Å². The molecule has 0 aromatic carbocycles. The maximum Gasteiger partial charge on any atom is 0.408 e. The molecule has 0 radical (unpaired) electrons. The summed E-state index contributed by atoms with van der Waals surface area (Å²) in [5, 5.41) is 9.03. The van der Waals surface area contributed by atoms with Gasteiger partial charge in [-0.05, 0) is 39.7 Å². The summed E-state index contributed by atoms with van der Waals surface area (Å²) in [4.78, 5) is 11.8. The van der Waals surface area contributed by atoms with Crippen molar-refractivity contribution in [1.29, 1.82) is 0 Å². The second kappa shape index (κ2) is 9.49. The molecule has 0 saturated carbocycles. The van der Waals surface area contributed by atoms with E-state index in [2.05, 4.69) is 10.0 Å². The number of nitrogens with one attached hydrogen (secondary N) is 2. The van der Waals surface area contributed by atoms with Crippen LogP contribution in [0, 0.1) is 5.92 Å². The topological polar surface area (TPSA) is 145 Å². The van der Waals surface area contributed by atoms with Crippen LogP contribution in [0.2, 0.25) is 0 Å². The van der Waals surface area contributed by atoms with E-state index in [9.17, 15) is 21.6 Å². The molecule has 0 aromatic heterocycles. The first-order chi connectivity index (χ1) is 11.5. The number of amides is 1. The zero-order valence-corrected chi connectivity index (χ0v) is 17.5. The van der Waals surface area contributed by atoms with Crippen molar-refractivity contribution in [3.05, 3.63) is 23.0 Å². The predicted molar refractivity (Wildman–Crippen MR) is 101 cm³/mol. The average molecular weight is 412 g/mol. The number of alkyl carbamates (subject to hydrolysis) is 1. The molecule has 0 saturated heterocycles. The van der Waals surface area contributed by atoms with Gasteiger partial charge in [0.1, 0.15) is 5.60 Å². The summed E-state index contributed by atoms with van der Waals surface area (Å²) in [6.45, 7) is 10.2. The molecule has 9 nitrogen and oxygen atoms in total. The van der Waals surface area contributed by atoms with Crippen LogP contribution in [-0.4, -0.2) is 40.6 Å². The van der Waals surface area contributed by atoms with Gasteiger partial charge in [-0.1, -0.05) is 19.9 Å². The number of hydrogen-bond donors (Lipinski definition) is 3. The first kappa shape index (κ1) is 24.6. The Morgan fingerprint density at radius 3 is 2.00 bits per heavy atom. The van der Waals surface area contributed by atoms with Crippen molar-refractivity contribution in [1.82, 2.24) is 10.0 Å². The van der Waals surface area contributed by atoms with Crippen molar-refractivity contribution in [3.8, 4) is 0 Å². The number of ether oxygens (including phenoxy) is 1. The summed E-state index contributed by atoms with van der Waals surface area (Å²) in [6, 6.07) is -1.36. The van der Waals surface area contributed by atoms with Crippen LogP contribution >= 0.6 is 0 Å². The Bertz CT molecular complexity index is 734. The molecule has 152 valence electrons. The Hall–Kier alpha value is -1.43. The van der Waals surface area contributed by atoms with Gasteiger partial charge >= 0.3 is 6.09 Å². The molecule has 26 heavy (non-hydrogen) atoms. The average Bonchev–Trinajstić information content (AvgIpc) is 2.37. The van der Waals surface area contributed by atoms with Crippen LogP contribution in [0.15, 0.2) is 23.0 Å². The minimum Gasteiger partial charge on any atom is -0.444 e. The first-order valence-corrected chi connectivity index (χ1v) is 11.1. The molecular formula is C15H29N3O6S2. The molecule has 0 heterocycles. The lowest BCUT2D eigenvalue weighted by Crippen LogP contribution is -2.41. The molecule has 4 N–H and O–H groups in total. The predicted octanol–water partition coefficient (Wildman–Crippen LogP) is 1.16. The maximum atomic E-state index is 12.1. The molecule has 0 unspecified atom stereocenters. The van der Waals surface area contributed by atoms with Crippen molar-refractivity contribution >= 4 is 26.1 Å². The summed E-state index contributed by atoms with van der Waals surface area (Å²) in [6.07, 6.45) is 1.78. The first-order valence-electron chi connectivity index (χ1n) is 7.92. The molecule has 0 aliphatic carbocycles. The summed E-state index contributed by atoms with van der Waals surface area (Å²) in [5.74, 6) is -0.0892. The maximum absolute atomic E-state index is 12.1. The Balaban J connectivity index is 5.02. The zero-order chi connectivity index (χ0) is 20.8. The van der Waals surface area contributed by atoms with Crippen LogP contribution in [-0.2, 0) is 24.8 Å². The Morgan fingerprint density at radius 1 is 1.04 bits per heavy atom. The number of hydrogen-bond acceptors (Lipinski definition) is 6. The van der Waals surface area contributed by atoms with Gasteiger partial charge in [0, 0.05) is 16.9 Å². The van der Waals surface area contributed by atoms with Crippen LogP contribution < -0.4 is 15.2 Å². The number of nitrogens with two attached hydrogens (primary N) is 1. The van der Waals surface area contributed by atoms with E-state index in [0.29, 0.717) is 5.41 Å². The lowest BCUT2D eigenvalue weighted by Gasteiger charge is -2.24. The van der Waals surface area contributed by atoms with Crippen LogP contribution in [0.1, 0.15) is 41.5 Å². The molecule has 0 rings (SSSR count). The van der Waals surface area contributed by atoms with E-state index in [1.165, 1.54) is 13.0 Å². The van der Waals surface area contributed by atoms with Gasteiger partial charge in [-0.15, -0.1) is 0 Å². The van der Waals surface area contributed by atoms with E-state index in [4.69, 9.17) is 9.88 Å². The molecule has 0 aliphatic rings. The van der Waals surface area contributed by atoms with Gasteiger partial charge in [-0.25, -0.2) is 31.5 Å². The van der Waals surface area contributed by atoms with E-state index in [1.54, 1.807) is 20.8 Å².